The fourth-order valence-corrected chi connectivity index (χ4v) is 2.16. The molecule has 0 aromatic heterocycles. The van der Waals surface area contributed by atoms with E-state index in [-0.39, 0.29) is 16.9 Å². The van der Waals surface area contributed by atoms with Gasteiger partial charge in [0.15, 0.2) is 0 Å². The van der Waals surface area contributed by atoms with Gasteiger partial charge in [-0.15, -0.1) is 0 Å². The lowest BCUT2D eigenvalue weighted by atomic mass is 9.86. The molecule has 2 aromatic rings. The predicted molar refractivity (Wildman–Crippen MR) is 88.8 cm³/mol. The summed E-state index contributed by atoms with van der Waals surface area (Å²) in [4.78, 5) is 24.1. The van der Waals surface area contributed by atoms with Gasteiger partial charge in [0, 0.05) is 5.56 Å². The minimum Gasteiger partial charge on any atom is -0.321 e. The van der Waals surface area contributed by atoms with Crippen molar-refractivity contribution >= 4 is 17.5 Å². The van der Waals surface area contributed by atoms with Gasteiger partial charge >= 0.3 is 0 Å². The molecular formula is C18H20N2O3. The van der Waals surface area contributed by atoms with E-state index in [0.29, 0.717) is 11.3 Å². The van der Waals surface area contributed by atoms with Gasteiger partial charge in [-0.1, -0.05) is 45.0 Å². The Labute approximate surface area is 135 Å². The predicted octanol–water partition coefficient (Wildman–Crippen LogP) is 3.36. The molecular weight excluding hydrogens is 292 g/mol. The van der Waals surface area contributed by atoms with E-state index in [9.17, 15) is 9.59 Å². The number of nitrogens with one attached hydrogen (secondary N) is 2. The summed E-state index contributed by atoms with van der Waals surface area (Å²) in [7, 11) is 0. The Morgan fingerprint density at radius 3 is 2.17 bits per heavy atom. The largest absolute Gasteiger partial charge is 0.321 e. The van der Waals surface area contributed by atoms with Crippen LogP contribution < -0.4 is 10.8 Å². The third kappa shape index (κ3) is 3.96. The Morgan fingerprint density at radius 1 is 0.957 bits per heavy atom. The number of hydrogen-bond acceptors (Lipinski definition) is 3. The van der Waals surface area contributed by atoms with Gasteiger partial charge in [-0.05, 0) is 35.2 Å². The summed E-state index contributed by atoms with van der Waals surface area (Å²) in [6, 6.07) is 13.9. The van der Waals surface area contributed by atoms with Crippen LogP contribution in [0.2, 0.25) is 0 Å². The van der Waals surface area contributed by atoms with Crippen molar-refractivity contribution in [2.45, 2.75) is 26.2 Å². The summed E-state index contributed by atoms with van der Waals surface area (Å²) in [5, 5.41) is 11.6. The Hall–Kier alpha value is -2.66. The summed E-state index contributed by atoms with van der Waals surface area (Å²) >= 11 is 0. The molecule has 0 heterocycles. The lowest BCUT2D eigenvalue weighted by molar-refractivity contribution is 0.0707. The zero-order valence-corrected chi connectivity index (χ0v) is 13.4. The van der Waals surface area contributed by atoms with E-state index in [4.69, 9.17) is 5.21 Å². The second kappa shape index (κ2) is 6.62. The third-order valence-corrected chi connectivity index (χ3v) is 3.52. The Bertz CT molecular complexity index is 719. The monoisotopic (exact) mass is 312 g/mol. The number of rotatable bonds is 3. The quantitative estimate of drug-likeness (QED) is 0.600. The van der Waals surface area contributed by atoms with Crippen molar-refractivity contribution in [1.29, 1.82) is 0 Å². The zero-order valence-electron chi connectivity index (χ0n) is 13.4. The van der Waals surface area contributed by atoms with E-state index in [1.807, 2.05) is 32.9 Å². The Morgan fingerprint density at radius 2 is 1.61 bits per heavy atom. The maximum Gasteiger partial charge on any atom is 0.276 e. The average molecular weight is 312 g/mol. The summed E-state index contributed by atoms with van der Waals surface area (Å²) < 4.78 is 0. The molecule has 0 atom stereocenters. The van der Waals surface area contributed by atoms with Gasteiger partial charge in [-0.25, -0.2) is 5.48 Å². The Balaban J connectivity index is 2.41. The first-order chi connectivity index (χ1) is 10.8. The van der Waals surface area contributed by atoms with E-state index in [0.717, 1.165) is 5.56 Å². The van der Waals surface area contributed by atoms with Crippen LogP contribution in [-0.4, -0.2) is 17.0 Å². The molecule has 0 radical (unpaired) electrons. The van der Waals surface area contributed by atoms with Gasteiger partial charge in [0.25, 0.3) is 11.8 Å². The van der Waals surface area contributed by atoms with Crippen LogP contribution in [0.25, 0.3) is 0 Å². The molecule has 2 amide bonds. The molecule has 0 saturated carbocycles. The fourth-order valence-electron chi connectivity index (χ4n) is 2.16. The third-order valence-electron chi connectivity index (χ3n) is 3.52. The molecule has 5 heteroatoms. The molecule has 0 aliphatic carbocycles. The molecule has 2 aromatic carbocycles. The molecule has 0 unspecified atom stereocenters. The molecule has 0 aliphatic heterocycles. The molecule has 120 valence electrons. The van der Waals surface area contributed by atoms with Crippen LogP contribution in [-0.2, 0) is 5.41 Å². The van der Waals surface area contributed by atoms with Crippen molar-refractivity contribution in [3.63, 3.8) is 0 Å². The van der Waals surface area contributed by atoms with Crippen molar-refractivity contribution in [2.24, 2.45) is 0 Å². The van der Waals surface area contributed by atoms with Crippen LogP contribution in [0.15, 0.2) is 48.5 Å². The van der Waals surface area contributed by atoms with Crippen LogP contribution >= 0.6 is 0 Å². The fraction of sp³-hybridized carbons (Fsp3) is 0.222. The van der Waals surface area contributed by atoms with Crippen LogP contribution in [0.3, 0.4) is 0 Å². The molecule has 0 fully saturated rings. The van der Waals surface area contributed by atoms with Gasteiger partial charge in [-0.3, -0.25) is 14.8 Å². The minimum absolute atomic E-state index is 0.138. The molecule has 0 aliphatic rings. The zero-order chi connectivity index (χ0) is 17.0. The summed E-state index contributed by atoms with van der Waals surface area (Å²) in [6.45, 7) is 6.12. The second-order valence-electron chi connectivity index (χ2n) is 6.27. The van der Waals surface area contributed by atoms with Gasteiger partial charge < -0.3 is 5.32 Å². The lowest BCUT2D eigenvalue weighted by Gasteiger charge is -2.21. The van der Waals surface area contributed by atoms with E-state index in [1.165, 1.54) is 0 Å². The number of benzene rings is 2. The minimum atomic E-state index is -0.672. The second-order valence-corrected chi connectivity index (χ2v) is 6.27. The first-order valence-electron chi connectivity index (χ1n) is 7.28. The number of hydrogen-bond donors (Lipinski definition) is 3. The number of carbonyl (C=O) groups is 2. The molecule has 0 saturated heterocycles. The van der Waals surface area contributed by atoms with Crippen molar-refractivity contribution in [1.82, 2.24) is 5.48 Å². The highest BCUT2D eigenvalue weighted by Crippen LogP contribution is 2.27. The highest BCUT2D eigenvalue weighted by atomic mass is 16.5. The molecule has 2 rings (SSSR count). The molecule has 0 bridgehead atoms. The van der Waals surface area contributed by atoms with Gasteiger partial charge in [0.1, 0.15) is 0 Å². The summed E-state index contributed by atoms with van der Waals surface area (Å²) in [6.07, 6.45) is 0. The van der Waals surface area contributed by atoms with E-state index < -0.39 is 5.91 Å². The SMILES string of the molecule is CC(C)(C)c1ccc(C(=O)NO)c(NC(=O)c2ccccc2)c1. The number of hydroxylamine groups is 1. The van der Waals surface area contributed by atoms with Crippen LogP contribution in [0.1, 0.15) is 47.1 Å². The van der Waals surface area contributed by atoms with E-state index >= 15 is 0 Å². The van der Waals surface area contributed by atoms with Crippen LogP contribution in [0, 0.1) is 0 Å². The van der Waals surface area contributed by atoms with E-state index in [1.54, 1.807) is 41.9 Å². The average Bonchev–Trinajstić information content (AvgIpc) is 2.54. The highest BCUT2D eigenvalue weighted by molar-refractivity contribution is 6.08. The van der Waals surface area contributed by atoms with Gasteiger partial charge in [0.05, 0.1) is 11.3 Å². The summed E-state index contributed by atoms with van der Waals surface area (Å²) in [5.74, 6) is -0.988. The molecule has 0 spiro atoms. The van der Waals surface area contributed by atoms with Crippen molar-refractivity contribution in [3.8, 4) is 0 Å². The van der Waals surface area contributed by atoms with E-state index in [2.05, 4.69) is 5.32 Å². The van der Waals surface area contributed by atoms with Gasteiger partial charge in [-0.2, -0.15) is 0 Å². The highest BCUT2D eigenvalue weighted by Gasteiger charge is 2.19. The first kappa shape index (κ1) is 16.7. The Kier molecular flexibility index (Phi) is 4.81. The molecule has 3 N–H and O–H groups in total. The maximum absolute atomic E-state index is 12.3. The number of anilines is 1. The first-order valence-corrected chi connectivity index (χ1v) is 7.28. The van der Waals surface area contributed by atoms with Crippen molar-refractivity contribution < 1.29 is 14.8 Å². The summed E-state index contributed by atoms with van der Waals surface area (Å²) in [5.41, 5.74) is 3.48. The molecule has 5 nitrogen and oxygen atoms in total. The topological polar surface area (TPSA) is 78.4 Å². The van der Waals surface area contributed by atoms with Gasteiger partial charge in [0.2, 0.25) is 0 Å². The normalized spacial score (nSPS) is 11.0. The maximum atomic E-state index is 12.3. The number of carbonyl (C=O) groups excluding carboxylic acids is 2. The molecule has 23 heavy (non-hydrogen) atoms. The standard InChI is InChI=1S/C18H20N2O3/c1-18(2,3)13-9-10-14(17(22)20-23)15(11-13)19-16(21)12-7-5-4-6-8-12/h4-11,23H,1-3H3,(H,19,21)(H,20,22). The number of amides is 2. The van der Waals surface area contributed by atoms with Crippen LogP contribution in [0.5, 0.6) is 0 Å². The smallest absolute Gasteiger partial charge is 0.276 e. The van der Waals surface area contributed by atoms with Crippen molar-refractivity contribution in [3.05, 3.63) is 65.2 Å². The van der Waals surface area contributed by atoms with Crippen LogP contribution in [0.4, 0.5) is 5.69 Å². The lowest BCUT2D eigenvalue weighted by Crippen LogP contribution is -2.23. The van der Waals surface area contributed by atoms with Crippen molar-refractivity contribution in [2.75, 3.05) is 5.32 Å².